The first-order chi connectivity index (χ1) is 9.79. The van der Waals surface area contributed by atoms with Gasteiger partial charge in [0.1, 0.15) is 18.5 Å². The lowest BCUT2D eigenvalue weighted by atomic mass is 10.1. The SMILES string of the molecule is NCCc1ccc2c(c1)N(C(=O)C1CCCO1)CCO2. The fourth-order valence-electron chi connectivity index (χ4n) is 2.76. The standard InChI is InChI=1S/C15H20N2O3/c16-6-5-11-3-4-13-12(10-11)17(7-9-20-13)15(18)14-2-1-8-19-14/h3-4,10,14H,1-2,5-9,16H2. The average molecular weight is 276 g/mol. The van der Waals surface area contributed by atoms with Crippen molar-refractivity contribution in [3.63, 3.8) is 0 Å². The fourth-order valence-corrected chi connectivity index (χ4v) is 2.76. The highest BCUT2D eigenvalue weighted by atomic mass is 16.5. The Bertz CT molecular complexity index is 498. The predicted octanol–water partition coefficient (Wildman–Crippen LogP) is 1.09. The van der Waals surface area contributed by atoms with Crippen LogP contribution in [0.4, 0.5) is 5.69 Å². The molecule has 2 aliphatic heterocycles. The number of nitrogens with two attached hydrogens (primary N) is 1. The molecule has 1 unspecified atom stereocenters. The number of hydrogen-bond donors (Lipinski definition) is 1. The predicted molar refractivity (Wildman–Crippen MR) is 76.0 cm³/mol. The number of fused-ring (bicyclic) bond motifs is 1. The largest absolute Gasteiger partial charge is 0.490 e. The minimum absolute atomic E-state index is 0.0527. The molecule has 2 heterocycles. The monoisotopic (exact) mass is 276 g/mol. The molecule has 2 N–H and O–H groups in total. The quantitative estimate of drug-likeness (QED) is 0.897. The molecule has 1 atom stereocenters. The summed E-state index contributed by atoms with van der Waals surface area (Å²) in [6.07, 6.45) is 2.28. The van der Waals surface area contributed by atoms with Crippen molar-refractivity contribution in [2.75, 3.05) is 31.2 Å². The van der Waals surface area contributed by atoms with Crippen molar-refractivity contribution in [2.45, 2.75) is 25.4 Å². The van der Waals surface area contributed by atoms with Gasteiger partial charge >= 0.3 is 0 Å². The Hall–Kier alpha value is -1.59. The first-order valence-corrected chi connectivity index (χ1v) is 7.18. The number of carbonyl (C=O) groups is 1. The molecule has 1 fully saturated rings. The minimum Gasteiger partial charge on any atom is -0.490 e. The molecule has 1 aromatic rings. The molecule has 0 aromatic heterocycles. The van der Waals surface area contributed by atoms with E-state index in [1.807, 2.05) is 18.2 Å². The van der Waals surface area contributed by atoms with Crippen LogP contribution in [0.1, 0.15) is 18.4 Å². The van der Waals surface area contributed by atoms with E-state index in [9.17, 15) is 4.79 Å². The highest BCUT2D eigenvalue weighted by Gasteiger charge is 2.32. The fraction of sp³-hybridized carbons (Fsp3) is 0.533. The topological polar surface area (TPSA) is 64.8 Å². The van der Waals surface area contributed by atoms with Crippen LogP contribution in [-0.2, 0) is 16.0 Å². The summed E-state index contributed by atoms with van der Waals surface area (Å²) >= 11 is 0. The van der Waals surface area contributed by atoms with Gasteiger partial charge in [-0.1, -0.05) is 6.07 Å². The van der Waals surface area contributed by atoms with E-state index < -0.39 is 0 Å². The van der Waals surface area contributed by atoms with Gasteiger partial charge in [-0.2, -0.15) is 0 Å². The van der Waals surface area contributed by atoms with Crippen LogP contribution in [-0.4, -0.2) is 38.3 Å². The van der Waals surface area contributed by atoms with E-state index in [0.717, 1.165) is 36.3 Å². The molecule has 0 spiro atoms. The van der Waals surface area contributed by atoms with Gasteiger partial charge in [0.25, 0.3) is 5.91 Å². The van der Waals surface area contributed by atoms with Gasteiger partial charge < -0.3 is 20.1 Å². The van der Waals surface area contributed by atoms with Crippen molar-refractivity contribution in [3.8, 4) is 5.75 Å². The Morgan fingerprint density at radius 3 is 3.05 bits per heavy atom. The van der Waals surface area contributed by atoms with Gasteiger partial charge in [0, 0.05) is 6.61 Å². The van der Waals surface area contributed by atoms with Gasteiger partial charge in [0.05, 0.1) is 12.2 Å². The van der Waals surface area contributed by atoms with Crippen LogP contribution >= 0.6 is 0 Å². The third-order valence-corrected chi connectivity index (χ3v) is 3.79. The van der Waals surface area contributed by atoms with Crippen molar-refractivity contribution in [3.05, 3.63) is 23.8 Å². The Morgan fingerprint density at radius 2 is 2.30 bits per heavy atom. The molecule has 5 heteroatoms. The summed E-state index contributed by atoms with van der Waals surface area (Å²) in [6.45, 7) is 2.39. The van der Waals surface area contributed by atoms with Crippen LogP contribution in [0.25, 0.3) is 0 Å². The van der Waals surface area contributed by atoms with Crippen LogP contribution in [0.15, 0.2) is 18.2 Å². The number of ether oxygens (including phenoxy) is 2. The number of anilines is 1. The maximum Gasteiger partial charge on any atom is 0.256 e. The molecule has 108 valence electrons. The smallest absolute Gasteiger partial charge is 0.256 e. The Kier molecular flexibility index (Phi) is 3.89. The number of benzene rings is 1. The Labute approximate surface area is 118 Å². The van der Waals surface area contributed by atoms with Crippen LogP contribution in [0.3, 0.4) is 0 Å². The normalized spacial score (nSPS) is 21.4. The van der Waals surface area contributed by atoms with Crippen LogP contribution in [0.5, 0.6) is 5.75 Å². The van der Waals surface area contributed by atoms with Crippen LogP contribution < -0.4 is 15.4 Å². The van der Waals surface area contributed by atoms with Crippen molar-refractivity contribution >= 4 is 11.6 Å². The molecule has 3 rings (SSSR count). The van der Waals surface area contributed by atoms with Gasteiger partial charge in [0.2, 0.25) is 0 Å². The molecule has 2 aliphatic rings. The summed E-state index contributed by atoms with van der Waals surface area (Å²) in [5.41, 5.74) is 7.58. The lowest BCUT2D eigenvalue weighted by molar-refractivity contribution is -0.127. The molecule has 0 aliphatic carbocycles. The van der Waals surface area contributed by atoms with Gasteiger partial charge in [-0.05, 0) is 43.5 Å². The zero-order chi connectivity index (χ0) is 13.9. The van der Waals surface area contributed by atoms with Crippen molar-refractivity contribution in [1.82, 2.24) is 0 Å². The summed E-state index contributed by atoms with van der Waals surface area (Å²) in [4.78, 5) is 14.4. The summed E-state index contributed by atoms with van der Waals surface area (Å²) in [6, 6.07) is 5.94. The highest BCUT2D eigenvalue weighted by molar-refractivity contribution is 5.98. The number of hydrogen-bond acceptors (Lipinski definition) is 4. The first kappa shape index (κ1) is 13.4. The van der Waals surface area contributed by atoms with Gasteiger partial charge in [-0.15, -0.1) is 0 Å². The van der Waals surface area contributed by atoms with Crippen LogP contribution in [0, 0.1) is 0 Å². The Balaban J connectivity index is 1.87. The second kappa shape index (κ2) is 5.81. The maximum absolute atomic E-state index is 12.6. The molecule has 1 saturated heterocycles. The number of nitrogens with zero attached hydrogens (tertiary/aromatic N) is 1. The first-order valence-electron chi connectivity index (χ1n) is 7.18. The summed E-state index contributed by atoms with van der Waals surface area (Å²) in [5, 5.41) is 0. The third-order valence-electron chi connectivity index (χ3n) is 3.79. The average Bonchev–Trinajstić information content (AvgIpc) is 3.00. The highest BCUT2D eigenvalue weighted by Crippen LogP contribution is 2.34. The van der Waals surface area contributed by atoms with E-state index in [0.29, 0.717) is 26.3 Å². The zero-order valence-electron chi connectivity index (χ0n) is 11.5. The second-order valence-corrected chi connectivity index (χ2v) is 5.18. The molecular weight excluding hydrogens is 256 g/mol. The van der Waals surface area contributed by atoms with E-state index in [-0.39, 0.29) is 12.0 Å². The van der Waals surface area contributed by atoms with Crippen molar-refractivity contribution in [2.24, 2.45) is 5.73 Å². The number of carbonyl (C=O) groups excluding carboxylic acids is 1. The van der Waals surface area contributed by atoms with Crippen molar-refractivity contribution < 1.29 is 14.3 Å². The number of amides is 1. The number of rotatable bonds is 3. The third kappa shape index (κ3) is 2.51. The summed E-state index contributed by atoms with van der Waals surface area (Å²) < 4.78 is 11.1. The molecule has 0 radical (unpaired) electrons. The van der Waals surface area contributed by atoms with Crippen molar-refractivity contribution in [1.29, 1.82) is 0 Å². The molecular formula is C15H20N2O3. The molecule has 1 amide bonds. The maximum atomic E-state index is 12.6. The lowest BCUT2D eigenvalue weighted by Crippen LogP contribution is -2.43. The van der Waals surface area contributed by atoms with E-state index in [4.69, 9.17) is 15.2 Å². The van der Waals surface area contributed by atoms with Crippen LogP contribution in [0.2, 0.25) is 0 Å². The molecule has 5 nitrogen and oxygen atoms in total. The van der Waals surface area contributed by atoms with E-state index in [2.05, 4.69) is 0 Å². The minimum atomic E-state index is -0.292. The van der Waals surface area contributed by atoms with E-state index >= 15 is 0 Å². The second-order valence-electron chi connectivity index (χ2n) is 5.18. The summed E-state index contributed by atoms with van der Waals surface area (Å²) in [5.74, 6) is 0.820. The van der Waals surface area contributed by atoms with Gasteiger partial charge in [-0.3, -0.25) is 4.79 Å². The Morgan fingerprint density at radius 1 is 1.40 bits per heavy atom. The van der Waals surface area contributed by atoms with Gasteiger partial charge in [-0.25, -0.2) is 0 Å². The van der Waals surface area contributed by atoms with E-state index in [1.165, 1.54) is 0 Å². The molecule has 1 aromatic carbocycles. The molecule has 0 bridgehead atoms. The summed E-state index contributed by atoms with van der Waals surface area (Å²) in [7, 11) is 0. The molecule has 20 heavy (non-hydrogen) atoms. The lowest BCUT2D eigenvalue weighted by Gasteiger charge is -2.31. The van der Waals surface area contributed by atoms with E-state index in [1.54, 1.807) is 4.90 Å². The van der Waals surface area contributed by atoms with Gasteiger partial charge in [0.15, 0.2) is 0 Å². The zero-order valence-corrected chi connectivity index (χ0v) is 11.5. The molecule has 0 saturated carbocycles.